The van der Waals surface area contributed by atoms with Crippen LogP contribution in [0.15, 0.2) is 24.3 Å². The zero-order valence-corrected chi connectivity index (χ0v) is 10.2. The van der Waals surface area contributed by atoms with Crippen molar-refractivity contribution in [2.45, 2.75) is 32.2 Å². The molecule has 0 saturated carbocycles. The number of rotatable bonds is 7. The minimum Gasteiger partial charge on any atom is -0.494 e. The molecule has 0 heterocycles. The van der Waals surface area contributed by atoms with E-state index in [0.29, 0.717) is 0 Å². The van der Waals surface area contributed by atoms with E-state index in [4.69, 9.17) is 16.2 Å². The highest BCUT2D eigenvalue weighted by atomic mass is 16.5. The number of hydrogen-bond donors (Lipinski definition) is 2. The lowest BCUT2D eigenvalue weighted by molar-refractivity contribution is -0.118. The molecule has 94 valence electrons. The maximum atomic E-state index is 10.7. The SMILES string of the molecule is CCCCOc1ccc(C(N)CC(N)=O)cc1. The highest BCUT2D eigenvalue weighted by Gasteiger charge is 2.08. The summed E-state index contributed by atoms with van der Waals surface area (Å²) in [7, 11) is 0. The lowest BCUT2D eigenvalue weighted by Crippen LogP contribution is -2.20. The van der Waals surface area contributed by atoms with Crippen LogP contribution in [0.5, 0.6) is 5.75 Å². The maximum absolute atomic E-state index is 10.7. The summed E-state index contributed by atoms with van der Waals surface area (Å²) >= 11 is 0. The maximum Gasteiger partial charge on any atom is 0.219 e. The average Bonchev–Trinajstić information content (AvgIpc) is 2.29. The molecule has 1 amide bonds. The van der Waals surface area contributed by atoms with Crippen molar-refractivity contribution >= 4 is 5.91 Å². The van der Waals surface area contributed by atoms with Crippen molar-refractivity contribution in [2.75, 3.05) is 6.61 Å². The molecular weight excluding hydrogens is 216 g/mol. The van der Waals surface area contributed by atoms with Gasteiger partial charge in [-0.05, 0) is 24.1 Å². The largest absolute Gasteiger partial charge is 0.494 e. The number of hydrogen-bond acceptors (Lipinski definition) is 3. The molecule has 0 spiro atoms. The van der Waals surface area contributed by atoms with Crippen LogP contribution in [-0.4, -0.2) is 12.5 Å². The van der Waals surface area contributed by atoms with Crippen molar-refractivity contribution < 1.29 is 9.53 Å². The van der Waals surface area contributed by atoms with Gasteiger partial charge in [-0.25, -0.2) is 0 Å². The second-order valence-electron chi connectivity index (χ2n) is 4.05. The first-order valence-electron chi connectivity index (χ1n) is 5.90. The summed E-state index contributed by atoms with van der Waals surface area (Å²) in [6, 6.07) is 7.14. The Labute approximate surface area is 102 Å². The normalized spacial score (nSPS) is 12.1. The van der Waals surface area contributed by atoms with Gasteiger partial charge in [-0.3, -0.25) is 4.79 Å². The molecule has 0 aromatic heterocycles. The summed E-state index contributed by atoms with van der Waals surface area (Å²) in [5.74, 6) is 0.439. The van der Waals surface area contributed by atoms with E-state index in [1.54, 1.807) is 0 Å². The fourth-order valence-electron chi connectivity index (χ4n) is 1.48. The quantitative estimate of drug-likeness (QED) is 0.708. The Morgan fingerprint density at radius 2 is 2.00 bits per heavy atom. The van der Waals surface area contributed by atoms with Gasteiger partial charge in [0.1, 0.15) is 5.75 Å². The van der Waals surface area contributed by atoms with Gasteiger partial charge in [0.25, 0.3) is 0 Å². The third-order valence-corrected chi connectivity index (χ3v) is 2.50. The van der Waals surface area contributed by atoms with Gasteiger partial charge in [-0.1, -0.05) is 25.5 Å². The van der Waals surface area contributed by atoms with Gasteiger partial charge < -0.3 is 16.2 Å². The first-order valence-corrected chi connectivity index (χ1v) is 5.90. The second-order valence-corrected chi connectivity index (χ2v) is 4.05. The molecule has 0 aliphatic carbocycles. The van der Waals surface area contributed by atoms with Gasteiger partial charge in [0, 0.05) is 12.5 Å². The molecule has 0 fully saturated rings. The van der Waals surface area contributed by atoms with Crippen LogP contribution >= 0.6 is 0 Å². The standard InChI is InChI=1S/C13H20N2O2/c1-2-3-8-17-11-6-4-10(5-7-11)12(14)9-13(15)16/h4-7,12H,2-3,8-9,14H2,1H3,(H2,15,16). The van der Waals surface area contributed by atoms with Crippen molar-refractivity contribution in [3.63, 3.8) is 0 Å². The summed E-state index contributed by atoms with van der Waals surface area (Å²) in [6.45, 7) is 2.85. The van der Waals surface area contributed by atoms with Crippen molar-refractivity contribution in [1.82, 2.24) is 0 Å². The van der Waals surface area contributed by atoms with Gasteiger partial charge >= 0.3 is 0 Å². The Morgan fingerprint density at radius 1 is 1.35 bits per heavy atom. The zero-order chi connectivity index (χ0) is 12.7. The minimum absolute atomic E-state index is 0.163. The molecule has 1 atom stereocenters. The number of nitrogens with two attached hydrogens (primary N) is 2. The minimum atomic E-state index is -0.388. The Morgan fingerprint density at radius 3 is 2.53 bits per heavy atom. The summed E-state index contributed by atoms with van der Waals surface area (Å²) < 4.78 is 5.53. The third-order valence-electron chi connectivity index (χ3n) is 2.50. The van der Waals surface area contributed by atoms with Gasteiger partial charge in [-0.15, -0.1) is 0 Å². The third kappa shape index (κ3) is 4.87. The Balaban J connectivity index is 2.52. The van der Waals surface area contributed by atoms with Crippen LogP contribution in [0.2, 0.25) is 0 Å². The first kappa shape index (κ1) is 13.5. The smallest absolute Gasteiger partial charge is 0.219 e. The molecule has 4 N–H and O–H groups in total. The van der Waals surface area contributed by atoms with E-state index in [1.807, 2.05) is 24.3 Å². The monoisotopic (exact) mass is 236 g/mol. The van der Waals surface area contributed by atoms with Gasteiger partial charge in [0.05, 0.1) is 6.61 Å². The zero-order valence-electron chi connectivity index (χ0n) is 10.2. The van der Waals surface area contributed by atoms with Crippen LogP contribution < -0.4 is 16.2 Å². The first-order chi connectivity index (χ1) is 8.13. The molecule has 0 aliphatic rings. The van der Waals surface area contributed by atoms with Crippen LogP contribution in [-0.2, 0) is 4.79 Å². The molecule has 0 bridgehead atoms. The molecule has 1 aromatic carbocycles. The molecule has 4 nitrogen and oxygen atoms in total. The van der Waals surface area contributed by atoms with Gasteiger partial charge in [0.15, 0.2) is 0 Å². The highest BCUT2D eigenvalue weighted by molar-refractivity contribution is 5.74. The molecule has 4 heteroatoms. The Kier molecular flexibility index (Phi) is 5.49. The predicted molar refractivity (Wildman–Crippen MR) is 67.6 cm³/mol. The summed E-state index contributed by atoms with van der Waals surface area (Å²) in [6.07, 6.45) is 2.32. The summed E-state index contributed by atoms with van der Waals surface area (Å²) in [4.78, 5) is 10.7. The van der Waals surface area contributed by atoms with Crippen LogP contribution in [0.4, 0.5) is 0 Å². The number of benzene rings is 1. The number of unbranched alkanes of at least 4 members (excludes halogenated alkanes) is 1. The molecule has 1 rings (SSSR count). The summed E-state index contributed by atoms with van der Waals surface area (Å²) in [5.41, 5.74) is 11.8. The van der Waals surface area contributed by atoms with E-state index in [9.17, 15) is 4.79 Å². The van der Waals surface area contributed by atoms with E-state index >= 15 is 0 Å². The number of amides is 1. The summed E-state index contributed by atoms with van der Waals surface area (Å²) in [5, 5.41) is 0. The van der Waals surface area contributed by atoms with Crippen LogP contribution in [0.25, 0.3) is 0 Å². The van der Waals surface area contributed by atoms with Crippen molar-refractivity contribution in [3.8, 4) is 5.75 Å². The van der Waals surface area contributed by atoms with E-state index in [0.717, 1.165) is 30.8 Å². The molecule has 1 unspecified atom stereocenters. The van der Waals surface area contributed by atoms with E-state index in [2.05, 4.69) is 6.92 Å². The molecular formula is C13H20N2O2. The van der Waals surface area contributed by atoms with Crippen molar-refractivity contribution in [2.24, 2.45) is 11.5 Å². The van der Waals surface area contributed by atoms with Crippen LogP contribution in [0.1, 0.15) is 37.8 Å². The Bertz CT molecular complexity index is 349. The molecule has 17 heavy (non-hydrogen) atoms. The second kappa shape index (κ2) is 6.91. The number of carbonyl (C=O) groups excluding carboxylic acids is 1. The molecule has 0 aliphatic heterocycles. The molecule has 0 radical (unpaired) electrons. The lowest BCUT2D eigenvalue weighted by atomic mass is 10.0. The number of primary amides is 1. The van der Waals surface area contributed by atoms with Gasteiger partial charge in [0.2, 0.25) is 5.91 Å². The molecule has 1 aromatic rings. The highest BCUT2D eigenvalue weighted by Crippen LogP contribution is 2.18. The lowest BCUT2D eigenvalue weighted by Gasteiger charge is -2.11. The van der Waals surface area contributed by atoms with E-state index in [-0.39, 0.29) is 18.4 Å². The average molecular weight is 236 g/mol. The van der Waals surface area contributed by atoms with E-state index < -0.39 is 0 Å². The van der Waals surface area contributed by atoms with Crippen LogP contribution in [0, 0.1) is 0 Å². The fraction of sp³-hybridized carbons (Fsp3) is 0.462. The Hall–Kier alpha value is -1.55. The van der Waals surface area contributed by atoms with Gasteiger partial charge in [-0.2, -0.15) is 0 Å². The van der Waals surface area contributed by atoms with Crippen molar-refractivity contribution in [1.29, 1.82) is 0 Å². The predicted octanol–water partition coefficient (Wildman–Crippen LogP) is 1.74. The molecule has 0 saturated heterocycles. The van der Waals surface area contributed by atoms with Crippen LogP contribution in [0.3, 0.4) is 0 Å². The topological polar surface area (TPSA) is 78.3 Å². The number of ether oxygens (including phenoxy) is 1. The fourth-order valence-corrected chi connectivity index (χ4v) is 1.48. The van der Waals surface area contributed by atoms with Crippen molar-refractivity contribution in [3.05, 3.63) is 29.8 Å². The van der Waals surface area contributed by atoms with E-state index in [1.165, 1.54) is 0 Å². The number of carbonyl (C=O) groups is 1.